The van der Waals surface area contributed by atoms with Crippen molar-refractivity contribution in [1.29, 1.82) is 5.41 Å². The fraction of sp³-hybridized carbons (Fsp3) is 0.533. The van der Waals surface area contributed by atoms with Gasteiger partial charge >= 0.3 is 0 Å². The van der Waals surface area contributed by atoms with Crippen LogP contribution in [0.15, 0.2) is 24.3 Å². The topological polar surface area (TPSA) is 27.1 Å². The van der Waals surface area contributed by atoms with Gasteiger partial charge in [-0.2, -0.15) is 0 Å². The van der Waals surface area contributed by atoms with Gasteiger partial charge in [0.25, 0.3) is 0 Å². The molecule has 0 unspecified atom stereocenters. The largest absolute Gasteiger partial charge is 0.330 e. The summed E-state index contributed by atoms with van der Waals surface area (Å²) in [5, 5.41) is 8.44. The molecule has 1 fully saturated rings. The zero-order valence-electron chi connectivity index (χ0n) is 10.3. The molecule has 2 aliphatic rings. The van der Waals surface area contributed by atoms with Crippen molar-refractivity contribution >= 4 is 11.5 Å². The van der Waals surface area contributed by atoms with E-state index in [1.807, 2.05) is 0 Å². The molecule has 1 aliphatic carbocycles. The van der Waals surface area contributed by atoms with E-state index >= 15 is 0 Å². The summed E-state index contributed by atoms with van der Waals surface area (Å²) < 4.78 is 0. The molecule has 0 aromatic heterocycles. The fourth-order valence-electron chi connectivity index (χ4n) is 3.18. The Balaban J connectivity index is 1.79. The molecule has 1 saturated carbocycles. The van der Waals surface area contributed by atoms with Crippen LogP contribution in [-0.2, 0) is 6.42 Å². The molecular formula is C15H20N2. The molecule has 0 atom stereocenters. The Labute approximate surface area is 103 Å². The van der Waals surface area contributed by atoms with Crippen molar-refractivity contribution in [1.82, 2.24) is 0 Å². The van der Waals surface area contributed by atoms with Gasteiger partial charge in [0.2, 0.25) is 0 Å². The third-order valence-electron chi connectivity index (χ3n) is 4.17. The first kappa shape index (κ1) is 10.8. The molecule has 1 N–H and O–H groups in total. The molecule has 0 amide bonds. The highest BCUT2D eigenvalue weighted by Crippen LogP contribution is 2.32. The first-order valence-corrected chi connectivity index (χ1v) is 6.80. The maximum Gasteiger partial charge on any atom is 0.103 e. The summed E-state index contributed by atoms with van der Waals surface area (Å²) in [6, 6.07) is 8.56. The average Bonchev–Trinajstić information content (AvgIpc) is 2.83. The zero-order valence-corrected chi connectivity index (χ0v) is 10.3. The van der Waals surface area contributed by atoms with Gasteiger partial charge in [-0.3, -0.25) is 5.41 Å². The number of nitrogens with zero attached hydrogens (tertiary/aromatic N) is 1. The summed E-state index contributed by atoms with van der Waals surface area (Å²) in [5.74, 6) is 1.38. The molecule has 90 valence electrons. The first-order chi connectivity index (χ1) is 8.36. The van der Waals surface area contributed by atoms with Gasteiger partial charge in [0.1, 0.15) is 5.84 Å². The second-order valence-electron chi connectivity index (χ2n) is 5.25. The van der Waals surface area contributed by atoms with Gasteiger partial charge < -0.3 is 4.90 Å². The van der Waals surface area contributed by atoms with Crippen LogP contribution in [0.3, 0.4) is 0 Å². The van der Waals surface area contributed by atoms with E-state index in [1.54, 1.807) is 0 Å². The fourth-order valence-corrected chi connectivity index (χ4v) is 3.18. The summed E-state index contributed by atoms with van der Waals surface area (Å²) in [7, 11) is 0. The maximum absolute atomic E-state index is 8.44. The van der Waals surface area contributed by atoms with Gasteiger partial charge in [-0.05, 0) is 30.9 Å². The molecule has 1 aromatic rings. The van der Waals surface area contributed by atoms with E-state index in [0.29, 0.717) is 5.92 Å². The predicted octanol–water partition coefficient (Wildman–Crippen LogP) is 3.61. The van der Waals surface area contributed by atoms with E-state index in [0.717, 1.165) is 18.8 Å². The standard InChI is InChI=1S/C15H20N2/c16-15(13-7-2-1-3-8-13)17-11-10-12-6-4-5-9-14(12)17/h4-6,9,13,16H,1-3,7-8,10-11H2. The van der Waals surface area contributed by atoms with Crippen molar-refractivity contribution in [3.63, 3.8) is 0 Å². The van der Waals surface area contributed by atoms with Gasteiger partial charge in [-0.15, -0.1) is 0 Å². The van der Waals surface area contributed by atoms with Gasteiger partial charge in [0, 0.05) is 18.2 Å². The summed E-state index contributed by atoms with van der Waals surface area (Å²) in [4.78, 5) is 2.24. The van der Waals surface area contributed by atoms with Crippen LogP contribution in [0.25, 0.3) is 0 Å². The third-order valence-corrected chi connectivity index (χ3v) is 4.17. The second kappa shape index (κ2) is 4.52. The lowest BCUT2D eigenvalue weighted by atomic mass is 9.88. The average molecular weight is 228 g/mol. The Kier molecular flexibility index (Phi) is 2.87. The Morgan fingerprint density at radius 3 is 2.71 bits per heavy atom. The number of rotatable bonds is 1. The number of fused-ring (bicyclic) bond motifs is 1. The highest BCUT2D eigenvalue weighted by Gasteiger charge is 2.27. The second-order valence-corrected chi connectivity index (χ2v) is 5.25. The molecule has 0 bridgehead atoms. The van der Waals surface area contributed by atoms with E-state index in [1.165, 1.54) is 43.4 Å². The third kappa shape index (κ3) is 1.97. The number of amidine groups is 1. The minimum Gasteiger partial charge on any atom is -0.330 e. The Hall–Kier alpha value is -1.31. The number of nitrogens with one attached hydrogen (secondary N) is 1. The number of anilines is 1. The van der Waals surface area contributed by atoms with Crippen molar-refractivity contribution < 1.29 is 0 Å². The number of para-hydroxylation sites is 1. The zero-order chi connectivity index (χ0) is 11.7. The van der Waals surface area contributed by atoms with Crippen LogP contribution in [0, 0.1) is 11.3 Å². The molecular weight excluding hydrogens is 208 g/mol. The minimum atomic E-state index is 0.509. The van der Waals surface area contributed by atoms with Gasteiger partial charge in [-0.1, -0.05) is 37.5 Å². The van der Waals surface area contributed by atoms with Crippen molar-refractivity contribution in [3.05, 3.63) is 29.8 Å². The summed E-state index contributed by atoms with van der Waals surface area (Å²) in [6.45, 7) is 1.01. The number of hydrogen-bond acceptors (Lipinski definition) is 1. The van der Waals surface area contributed by atoms with E-state index in [2.05, 4.69) is 29.2 Å². The van der Waals surface area contributed by atoms with Crippen LogP contribution in [0.4, 0.5) is 5.69 Å². The molecule has 2 heteroatoms. The quantitative estimate of drug-likeness (QED) is 0.577. The molecule has 2 nitrogen and oxygen atoms in total. The van der Waals surface area contributed by atoms with Crippen molar-refractivity contribution in [2.24, 2.45) is 5.92 Å². The lowest BCUT2D eigenvalue weighted by molar-refractivity contribution is 0.434. The van der Waals surface area contributed by atoms with Crippen molar-refractivity contribution in [2.45, 2.75) is 38.5 Å². The van der Waals surface area contributed by atoms with Crippen LogP contribution < -0.4 is 4.90 Å². The smallest absolute Gasteiger partial charge is 0.103 e. The summed E-state index contributed by atoms with van der Waals surface area (Å²) >= 11 is 0. The van der Waals surface area contributed by atoms with Gasteiger partial charge in [-0.25, -0.2) is 0 Å². The van der Waals surface area contributed by atoms with E-state index in [4.69, 9.17) is 5.41 Å². The Morgan fingerprint density at radius 2 is 1.88 bits per heavy atom. The molecule has 0 spiro atoms. The maximum atomic E-state index is 8.44. The van der Waals surface area contributed by atoms with E-state index < -0.39 is 0 Å². The Morgan fingerprint density at radius 1 is 1.12 bits per heavy atom. The van der Waals surface area contributed by atoms with E-state index in [9.17, 15) is 0 Å². The molecule has 3 rings (SSSR count). The molecule has 0 saturated heterocycles. The molecule has 0 radical (unpaired) electrons. The predicted molar refractivity (Wildman–Crippen MR) is 71.8 cm³/mol. The highest BCUT2D eigenvalue weighted by atomic mass is 15.2. The monoisotopic (exact) mass is 228 g/mol. The molecule has 17 heavy (non-hydrogen) atoms. The normalized spacial score (nSPS) is 20.4. The summed E-state index contributed by atoms with van der Waals surface area (Å²) in [6.07, 6.45) is 7.52. The highest BCUT2D eigenvalue weighted by molar-refractivity contribution is 5.99. The van der Waals surface area contributed by atoms with Crippen LogP contribution in [0.2, 0.25) is 0 Å². The number of hydrogen-bond donors (Lipinski definition) is 1. The van der Waals surface area contributed by atoms with Crippen LogP contribution in [-0.4, -0.2) is 12.4 Å². The van der Waals surface area contributed by atoms with Crippen LogP contribution in [0.1, 0.15) is 37.7 Å². The van der Waals surface area contributed by atoms with Crippen LogP contribution >= 0.6 is 0 Å². The number of benzene rings is 1. The lowest BCUT2D eigenvalue weighted by Crippen LogP contribution is -2.35. The van der Waals surface area contributed by atoms with Crippen molar-refractivity contribution in [3.8, 4) is 0 Å². The minimum absolute atomic E-state index is 0.509. The van der Waals surface area contributed by atoms with Crippen molar-refractivity contribution in [2.75, 3.05) is 11.4 Å². The molecule has 1 heterocycles. The molecule has 1 aromatic carbocycles. The lowest BCUT2D eigenvalue weighted by Gasteiger charge is -2.29. The van der Waals surface area contributed by atoms with Crippen LogP contribution in [0.5, 0.6) is 0 Å². The summed E-state index contributed by atoms with van der Waals surface area (Å²) in [5.41, 5.74) is 2.69. The van der Waals surface area contributed by atoms with Gasteiger partial charge in [0.05, 0.1) is 0 Å². The Bertz CT molecular complexity index is 419. The van der Waals surface area contributed by atoms with Gasteiger partial charge in [0.15, 0.2) is 0 Å². The van der Waals surface area contributed by atoms with E-state index in [-0.39, 0.29) is 0 Å². The SMILES string of the molecule is N=C(C1CCCCC1)N1CCc2ccccc21. The molecule has 1 aliphatic heterocycles. The first-order valence-electron chi connectivity index (χ1n) is 6.80.